The molecule has 0 aliphatic heterocycles. The first-order valence-electron chi connectivity index (χ1n) is 3.51. The van der Waals surface area contributed by atoms with E-state index in [1.165, 1.54) is 0 Å². The first-order chi connectivity index (χ1) is 6.06. The molecular formula is C6H10N6S. The number of H-pyrrole nitrogens is 1. The minimum absolute atomic E-state index is 0.223. The fourth-order valence-electron chi connectivity index (χ4n) is 0.896. The van der Waals surface area contributed by atoms with Crippen LogP contribution < -0.4 is 10.6 Å². The van der Waals surface area contributed by atoms with E-state index in [2.05, 4.69) is 15.1 Å². The lowest BCUT2D eigenvalue weighted by Crippen LogP contribution is -2.12. The van der Waals surface area contributed by atoms with E-state index in [-0.39, 0.29) is 10.6 Å². The van der Waals surface area contributed by atoms with Gasteiger partial charge in [0.05, 0.1) is 0 Å². The van der Waals surface area contributed by atoms with Crippen LogP contribution in [0.3, 0.4) is 0 Å². The molecule has 13 heavy (non-hydrogen) atoms. The van der Waals surface area contributed by atoms with Crippen LogP contribution in [0.25, 0.3) is 0 Å². The second-order valence-electron chi connectivity index (χ2n) is 2.63. The van der Waals surface area contributed by atoms with Gasteiger partial charge in [-0.15, -0.1) is 0 Å². The zero-order valence-electron chi connectivity index (χ0n) is 7.33. The molecule has 0 atom stereocenters. The number of aromatic nitrogens is 2. The summed E-state index contributed by atoms with van der Waals surface area (Å²) in [5.74, 6) is 0.814. The number of nitrogens with zero attached hydrogens (tertiary/aromatic N) is 3. The summed E-state index contributed by atoms with van der Waals surface area (Å²) in [7, 11) is 3.60. The third-order valence-electron chi connectivity index (χ3n) is 1.45. The van der Waals surface area contributed by atoms with Gasteiger partial charge in [0, 0.05) is 14.1 Å². The standard InChI is InChI=1S/C6H10N6S/c1-12(2)4-3(11-8)5(13)10-6(7)9-4/h8H,1-2H3,(H3,7,9,10,13). The third-order valence-corrected chi connectivity index (χ3v) is 1.74. The summed E-state index contributed by atoms with van der Waals surface area (Å²) >= 11 is 4.89. The van der Waals surface area contributed by atoms with Crippen LogP contribution in [0.4, 0.5) is 17.5 Å². The van der Waals surface area contributed by atoms with Crippen molar-refractivity contribution in [1.29, 1.82) is 5.53 Å². The quantitative estimate of drug-likeness (QED) is 0.495. The summed E-state index contributed by atoms with van der Waals surface area (Å²) in [5, 5.41) is 3.29. The monoisotopic (exact) mass is 198 g/mol. The maximum absolute atomic E-state index is 6.92. The number of aromatic amines is 1. The SMILES string of the molecule is CN(C)c1[nH]c(N)nc(=S)c1N=N. The van der Waals surface area contributed by atoms with Gasteiger partial charge in [-0.3, -0.25) is 0 Å². The van der Waals surface area contributed by atoms with E-state index in [1.807, 2.05) is 0 Å². The highest BCUT2D eigenvalue weighted by molar-refractivity contribution is 7.71. The maximum atomic E-state index is 6.92. The highest BCUT2D eigenvalue weighted by atomic mass is 32.1. The van der Waals surface area contributed by atoms with Crippen LogP contribution >= 0.6 is 12.2 Å². The molecule has 7 heteroatoms. The molecule has 0 aliphatic rings. The van der Waals surface area contributed by atoms with Crippen LogP contribution in [-0.4, -0.2) is 24.1 Å². The highest BCUT2D eigenvalue weighted by Gasteiger charge is 2.07. The third kappa shape index (κ3) is 1.81. The number of anilines is 2. The molecule has 0 saturated heterocycles. The Bertz CT molecular complexity index is 381. The van der Waals surface area contributed by atoms with Crippen LogP contribution in [-0.2, 0) is 0 Å². The molecule has 0 amide bonds. The fraction of sp³-hybridized carbons (Fsp3) is 0.333. The Labute approximate surface area is 80.3 Å². The van der Waals surface area contributed by atoms with Gasteiger partial charge in [-0.2, -0.15) is 5.11 Å². The van der Waals surface area contributed by atoms with E-state index in [9.17, 15) is 0 Å². The lowest BCUT2D eigenvalue weighted by molar-refractivity contribution is 1.01. The molecule has 0 unspecified atom stereocenters. The number of rotatable bonds is 2. The normalized spacial score (nSPS) is 9.69. The smallest absolute Gasteiger partial charge is 0.200 e. The summed E-state index contributed by atoms with van der Waals surface area (Å²) in [6, 6.07) is 0. The summed E-state index contributed by atoms with van der Waals surface area (Å²) < 4.78 is 0.231. The zero-order valence-corrected chi connectivity index (χ0v) is 8.14. The van der Waals surface area contributed by atoms with Crippen molar-refractivity contribution in [3.8, 4) is 0 Å². The second kappa shape index (κ2) is 3.48. The van der Waals surface area contributed by atoms with Gasteiger partial charge in [0.15, 0.2) is 16.3 Å². The van der Waals surface area contributed by atoms with Gasteiger partial charge in [0.2, 0.25) is 0 Å². The Balaban J connectivity index is 3.47. The van der Waals surface area contributed by atoms with Gasteiger partial charge in [0.25, 0.3) is 0 Å². The topological polar surface area (TPSA) is 94.2 Å². The van der Waals surface area contributed by atoms with Crippen LogP contribution in [0.15, 0.2) is 5.11 Å². The molecule has 0 bridgehead atoms. The number of nitrogen functional groups attached to an aromatic ring is 1. The van der Waals surface area contributed by atoms with Gasteiger partial charge in [-0.25, -0.2) is 10.5 Å². The molecule has 1 aromatic rings. The predicted molar refractivity (Wildman–Crippen MR) is 53.0 cm³/mol. The molecule has 1 aromatic heterocycles. The van der Waals surface area contributed by atoms with Crippen LogP contribution in [0.1, 0.15) is 0 Å². The number of hydrogen-bond donors (Lipinski definition) is 3. The molecule has 4 N–H and O–H groups in total. The molecule has 0 aromatic carbocycles. The summed E-state index contributed by atoms with van der Waals surface area (Å²) in [4.78, 5) is 8.30. The van der Waals surface area contributed by atoms with Crippen molar-refractivity contribution in [3.63, 3.8) is 0 Å². The van der Waals surface area contributed by atoms with Gasteiger partial charge in [-0.1, -0.05) is 12.2 Å². The zero-order chi connectivity index (χ0) is 10.0. The largest absolute Gasteiger partial charge is 0.369 e. The summed E-state index contributed by atoms with van der Waals surface area (Å²) in [6.07, 6.45) is 0. The lowest BCUT2D eigenvalue weighted by atomic mass is 10.4. The molecule has 1 heterocycles. The highest BCUT2D eigenvalue weighted by Crippen LogP contribution is 2.25. The van der Waals surface area contributed by atoms with Crippen LogP contribution in [0.2, 0.25) is 0 Å². The van der Waals surface area contributed by atoms with E-state index < -0.39 is 0 Å². The van der Waals surface area contributed by atoms with Gasteiger partial charge in [0.1, 0.15) is 5.82 Å². The Morgan fingerprint density at radius 1 is 1.62 bits per heavy atom. The number of hydrogen-bond acceptors (Lipinski definition) is 6. The van der Waals surface area contributed by atoms with Crippen molar-refractivity contribution >= 4 is 29.7 Å². The van der Waals surface area contributed by atoms with Gasteiger partial charge in [-0.05, 0) is 0 Å². The molecule has 70 valence electrons. The van der Waals surface area contributed by atoms with E-state index in [1.54, 1.807) is 19.0 Å². The number of nitrogens with two attached hydrogens (primary N) is 1. The number of nitrogens with one attached hydrogen (secondary N) is 2. The Kier molecular flexibility index (Phi) is 2.57. The molecule has 1 rings (SSSR count). The first-order valence-corrected chi connectivity index (χ1v) is 3.91. The molecule has 0 fully saturated rings. The molecule has 6 nitrogen and oxygen atoms in total. The Hall–Kier alpha value is -1.50. The van der Waals surface area contributed by atoms with Crippen molar-refractivity contribution < 1.29 is 0 Å². The van der Waals surface area contributed by atoms with Crippen molar-refractivity contribution in [1.82, 2.24) is 9.97 Å². The van der Waals surface area contributed by atoms with E-state index in [0.717, 1.165) is 0 Å². The van der Waals surface area contributed by atoms with Crippen LogP contribution in [0, 0.1) is 10.2 Å². The lowest BCUT2D eigenvalue weighted by Gasteiger charge is -2.14. The van der Waals surface area contributed by atoms with Crippen molar-refractivity contribution in [2.45, 2.75) is 0 Å². The fourth-order valence-corrected chi connectivity index (χ4v) is 1.14. The van der Waals surface area contributed by atoms with Gasteiger partial charge < -0.3 is 15.6 Å². The van der Waals surface area contributed by atoms with Crippen molar-refractivity contribution in [2.75, 3.05) is 24.7 Å². The summed E-state index contributed by atoms with van der Waals surface area (Å²) in [5.41, 5.74) is 12.7. The predicted octanol–water partition coefficient (Wildman–Crippen LogP) is 1.45. The first kappa shape index (κ1) is 9.59. The molecule has 0 saturated carbocycles. The Morgan fingerprint density at radius 2 is 2.23 bits per heavy atom. The van der Waals surface area contributed by atoms with Gasteiger partial charge >= 0.3 is 0 Å². The average Bonchev–Trinajstić information content (AvgIpc) is 2.02. The van der Waals surface area contributed by atoms with E-state index in [4.69, 9.17) is 23.5 Å². The van der Waals surface area contributed by atoms with Crippen molar-refractivity contribution in [2.24, 2.45) is 5.11 Å². The maximum Gasteiger partial charge on any atom is 0.200 e. The average molecular weight is 198 g/mol. The van der Waals surface area contributed by atoms with E-state index >= 15 is 0 Å². The second-order valence-corrected chi connectivity index (χ2v) is 3.02. The Morgan fingerprint density at radius 3 is 2.69 bits per heavy atom. The molecule has 0 aliphatic carbocycles. The van der Waals surface area contributed by atoms with E-state index in [0.29, 0.717) is 11.5 Å². The molecular weight excluding hydrogens is 188 g/mol. The minimum Gasteiger partial charge on any atom is -0.369 e. The van der Waals surface area contributed by atoms with Crippen LogP contribution in [0.5, 0.6) is 0 Å². The molecule has 0 radical (unpaired) electrons. The van der Waals surface area contributed by atoms with Crippen molar-refractivity contribution in [3.05, 3.63) is 4.64 Å². The minimum atomic E-state index is 0.223. The summed E-state index contributed by atoms with van der Waals surface area (Å²) in [6.45, 7) is 0. The molecule has 0 spiro atoms.